The summed E-state index contributed by atoms with van der Waals surface area (Å²) in [6.07, 6.45) is 1.18. The van der Waals surface area contributed by atoms with Crippen LogP contribution in [-0.2, 0) is 16.4 Å². The van der Waals surface area contributed by atoms with Crippen LogP contribution in [-0.4, -0.2) is 37.9 Å². The highest BCUT2D eigenvalue weighted by molar-refractivity contribution is 7.88. The van der Waals surface area contributed by atoms with Crippen molar-refractivity contribution < 1.29 is 22.0 Å². The summed E-state index contributed by atoms with van der Waals surface area (Å²) >= 11 is 0. The fourth-order valence-electron chi connectivity index (χ4n) is 1.91. The molecule has 0 aromatic heterocycles. The van der Waals surface area contributed by atoms with Gasteiger partial charge in [-0.1, -0.05) is 0 Å². The molecule has 7 heteroatoms. The van der Waals surface area contributed by atoms with Crippen molar-refractivity contribution in [3.8, 4) is 0 Å². The molecule has 0 saturated carbocycles. The van der Waals surface area contributed by atoms with Crippen LogP contribution in [0.25, 0.3) is 0 Å². The maximum Gasteiger partial charge on any atom is 0.211 e. The van der Waals surface area contributed by atoms with Gasteiger partial charge >= 0.3 is 0 Å². The number of fused-ring (bicyclic) bond motifs is 1. The number of Topliss-reactive ketones (excluding diaryl/α,β-unsaturated/α-hetero) is 1. The van der Waals surface area contributed by atoms with Crippen LogP contribution in [0.3, 0.4) is 0 Å². The lowest BCUT2D eigenvalue weighted by Gasteiger charge is -2.15. The number of sulfonamides is 1. The molecule has 1 aromatic carbocycles. The number of hydrogen-bond donors (Lipinski definition) is 0. The quantitative estimate of drug-likeness (QED) is 0.767. The molecular formula is C11H11F2NO3S. The van der Waals surface area contributed by atoms with Crippen molar-refractivity contribution in [1.29, 1.82) is 0 Å². The van der Waals surface area contributed by atoms with E-state index < -0.39 is 27.4 Å². The maximum absolute atomic E-state index is 13.1. The lowest BCUT2D eigenvalue weighted by Crippen LogP contribution is -2.34. The molecule has 0 spiro atoms. The van der Waals surface area contributed by atoms with Crippen LogP contribution >= 0.6 is 0 Å². The van der Waals surface area contributed by atoms with Gasteiger partial charge in [-0.2, -0.15) is 4.31 Å². The summed E-state index contributed by atoms with van der Waals surface area (Å²) < 4.78 is 50.0. The molecule has 0 unspecified atom stereocenters. The van der Waals surface area contributed by atoms with Crippen molar-refractivity contribution >= 4 is 15.8 Å². The minimum Gasteiger partial charge on any atom is -0.293 e. The SMILES string of the molecule is CS(=O)(=O)N1CCc2cc(F)c(F)cc2C(=O)C1. The monoisotopic (exact) mass is 275 g/mol. The summed E-state index contributed by atoms with van der Waals surface area (Å²) in [7, 11) is -3.50. The average molecular weight is 275 g/mol. The average Bonchev–Trinajstić information content (AvgIpc) is 2.40. The predicted molar refractivity (Wildman–Crippen MR) is 60.8 cm³/mol. The number of ketones is 1. The molecule has 2 rings (SSSR count). The van der Waals surface area contributed by atoms with Gasteiger partial charge < -0.3 is 0 Å². The van der Waals surface area contributed by atoms with Crippen LogP contribution in [0.2, 0.25) is 0 Å². The normalized spacial score (nSPS) is 17.4. The van der Waals surface area contributed by atoms with Gasteiger partial charge in [0.05, 0.1) is 12.8 Å². The number of nitrogens with zero attached hydrogens (tertiary/aromatic N) is 1. The van der Waals surface area contributed by atoms with Gasteiger partial charge in [0.1, 0.15) is 0 Å². The molecule has 0 fully saturated rings. The summed E-state index contributed by atoms with van der Waals surface area (Å²) in [6.45, 7) is -0.250. The molecular weight excluding hydrogens is 264 g/mol. The van der Waals surface area contributed by atoms with Gasteiger partial charge in [-0.05, 0) is 24.1 Å². The van der Waals surface area contributed by atoms with E-state index in [0.717, 1.165) is 22.7 Å². The first kappa shape index (κ1) is 13.1. The Morgan fingerprint density at radius 2 is 1.83 bits per heavy atom. The second-order valence-corrected chi connectivity index (χ2v) is 6.18. The molecule has 0 radical (unpaired) electrons. The van der Waals surface area contributed by atoms with Crippen LogP contribution in [0.1, 0.15) is 15.9 Å². The molecule has 1 aliphatic heterocycles. The van der Waals surface area contributed by atoms with Gasteiger partial charge in [-0.3, -0.25) is 4.79 Å². The minimum atomic E-state index is -3.50. The lowest BCUT2D eigenvalue weighted by molar-refractivity contribution is 0.0971. The topological polar surface area (TPSA) is 54.5 Å². The highest BCUT2D eigenvalue weighted by Gasteiger charge is 2.27. The number of carbonyl (C=O) groups excluding carboxylic acids is 1. The van der Waals surface area contributed by atoms with Gasteiger partial charge in [0, 0.05) is 12.1 Å². The fourth-order valence-corrected chi connectivity index (χ4v) is 2.68. The Morgan fingerprint density at radius 1 is 1.22 bits per heavy atom. The fraction of sp³-hybridized carbons (Fsp3) is 0.364. The van der Waals surface area contributed by atoms with Gasteiger partial charge in [0.15, 0.2) is 17.4 Å². The minimum absolute atomic E-state index is 0.0556. The molecule has 0 saturated heterocycles. The van der Waals surface area contributed by atoms with Crippen molar-refractivity contribution in [2.75, 3.05) is 19.3 Å². The Kier molecular flexibility index (Phi) is 3.20. The Bertz CT molecular complexity index is 613. The van der Waals surface area contributed by atoms with Gasteiger partial charge in [0.25, 0.3) is 0 Å². The third-order valence-corrected chi connectivity index (χ3v) is 4.12. The summed E-state index contributed by atoms with van der Waals surface area (Å²) in [5, 5.41) is 0. The van der Waals surface area contributed by atoms with Crippen molar-refractivity contribution in [1.82, 2.24) is 4.31 Å². The summed E-state index contributed by atoms with van der Waals surface area (Å²) in [5.41, 5.74) is 0.394. The van der Waals surface area contributed by atoms with Crippen LogP contribution in [0.15, 0.2) is 12.1 Å². The van der Waals surface area contributed by atoms with Crippen LogP contribution in [0, 0.1) is 11.6 Å². The number of carbonyl (C=O) groups is 1. The van der Waals surface area contributed by atoms with E-state index in [1.54, 1.807) is 0 Å². The molecule has 0 bridgehead atoms. The largest absolute Gasteiger partial charge is 0.293 e. The molecule has 0 aliphatic carbocycles. The first-order valence-electron chi connectivity index (χ1n) is 5.25. The zero-order valence-corrected chi connectivity index (χ0v) is 10.4. The summed E-state index contributed by atoms with van der Waals surface area (Å²) in [5.74, 6) is -2.66. The standard InChI is InChI=1S/C11H11F2NO3S/c1-18(16,17)14-3-2-7-4-9(12)10(13)5-8(7)11(15)6-14/h4-5H,2-3,6H2,1H3. The van der Waals surface area contributed by atoms with E-state index in [1.807, 2.05) is 0 Å². The summed E-state index contributed by atoms with van der Waals surface area (Å²) in [6, 6.07) is 1.78. The van der Waals surface area contributed by atoms with Crippen molar-refractivity contribution in [2.24, 2.45) is 0 Å². The van der Waals surface area contributed by atoms with Crippen LogP contribution in [0.5, 0.6) is 0 Å². The molecule has 0 amide bonds. The first-order valence-corrected chi connectivity index (χ1v) is 7.10. The third kappa shape index (κ3) is 2.41. The molecule has 18 heavy (non-hydrogen) atoms. The van der Waals surface area contributed by atoms with Crippen molar-refractivity contribution in [3.05, 3.63) is 34.9 Å². The predicted octanol–water partition coefficient (Wildman–Crippen LogP) is 0.965. The second kappa shape index (κ2) is 4.40. The Labute approximate surface area is 103 Å². The third-order valence-electron chi connectivity index (χ3n) is 2.87. The molecule has 1 aromatic rings. The van der Waals surface area contributed by atoms with Crippen molar-refractivity contribution in [3.63, 3.8) is 0 Å². The van der Waals surface area contributed by atoms with E-state index in [-0.39, 0.29) is 25.1 Å². The number of benzene rings is 1. The van der Waals surface area contributed by atoms with Crippen LogP contribution in [0.4, 0.5) is 8.78 Å². The molecule has 98 valence electrons. The van der Waals surface area contributed by atoms with E-state index >= 15 is 0 Å². The number of rotatable bonds is 1. The van der Waals surface area contributed by atoms with E-state index in [1.165, 1.54) is 0 Å². The molecule has 1 aliphatic rings. The number of hydrogen-bond acceptors (Lipinski definition) is 3. The molecule has 0 atom stereocenters. The zero-order valence-electron chi connectivity index (χ0n) is 9.61. The van der Waals surface area contributed by atoms with Crippen molar-refractivity contribution in [2.45, 2.75) is 6.42 Å². The Hall–Kier alpha value is -1.34. The number of halogens is 2. The molecule has 0 N–H and O–H groups in total. The summed E-state index contributed by atoms with van der Waals surface area (Å²) in [4.78, 5) is 11.8. The Balaban J connectivity index is 2.44. The van der Waals surface area contributed by atoms with E-state index in [9.17, 15) is 22.0 Å². The smallest absolute Gasteiger partial charge is 0.211 e. The van der Waals surface area contributed by atoms with Crippen LogP contribution < -0.4 is 0 Å². The Morgan fingerprint density at radius 3 is 2.44 bits per heavy atom. The van der Waals surface area contributed by atoms with E-state index in [4.69, 9.17) is 0 Å². The maximum atomic E-state index is 13.1. The van der Waals surface area contributed by atoms with Gasteiger partial charge in [-0.15, -0.1) is 0 Å². The highest BCUT2D eigenvalue weighted by atomic mass is 32.2. The molecule has 4 nitrogen and oxygen atoms in total. The molecule has 1 heterocycles. The zero-order chi connectivity index (χ0) is 13.5. The van der Waals surface area contributed by atoms with Gasteiger partial charge in [-0.25, -0.2) is 17.2 Å². The van der Waals surface area contributed by atoms with Gasteiger partial charge in [0.2, 0.25) is 10.0 Å². The first-order chi connectivity index (χ1) is 8.29. The van der Waals surface area contributed by atoms with E-state index in [0.29, 0.717) is 5.56 Å². The van der Waals surface area contributed by atoms with E-state index in [2.05, 4.69) is 0 Å². The second-order valence-electron chi connectivity index (χ2n) is 4.19. The highest BCUT2D eigenvalue weighted by Crippen LogP contribution is 2.20. The lowest BCUT2D eigenvalue weighted by atomic mass is 10.0.